The van der Waals surface area contributed by atoms with Crippen molar-refractivity contribution in [3.05, 3.63) is 29.8 Å². The Balaban J connectivity index is 1.78. The molecule has 1 aromatic carbocycles. The lowest BCUT2D eigenvalue weighted by molar-refractivity contribution is 0.174. The van der Waals surface area contributed by atoms with Crippen molar-refractivity contribution in [1.82, 2.24) is 4.90 Å². The van der Waals surface area contributed by atoms with Crippen molar-refractivity contribution < 1.29 is 9.84 Å². The Bertz CT molecular complexity index is 380. The SMILES string of the molecule is OCC1CCN(C2COc3ccccc32)C1. The van der Waals surface area contributed by atoms with Crippen LogP contribution in [0.25, 0.3) is 0 Å². The van der Waals surface area contributed by atoms with Crippen LogP contribution in [0.5, 0.6) is 5.75 Å². The van der Waals surface area contributed by atoms with E-state index in [1.807, 2.05) is 12.1 Å². The first-order valence-electron chi connectivity index (χ1n) is 5.95. The number of para-hydroxylation sites is 1. The third-order valence-corrected chi connectivity index (χ3v) is 3.69. The first kappa shape index (κ1) is 10.1. The molecule has 2 unspecified atom stereocenters. The molecule has 0 spiro atoms. The second-order valence-electron chi connectivity index (χ2n) is 4.70. The molecule has 86 valence electrons. The van der Waals surface area contributed by atoms with E-state index in [0.717, 1.165) is 31.9 Å². The summed E-state index contributed by atoms with van der Waals surface area (Å²) in [6.45, 7) is 3.15. The van der Waals surface area contributed by atoms with E-state index in [4.69, 9.17) is 9.84 Å². The smallest absolute Gasteiger partial charge is 0.124 e. The molecule has 1 fully saturated rings. The van der Waals surface area contributed by atoms with Crippen LogP contribution < -0.4 is 4.74 Å². The summed E-state index contributed by atoms with van der Waals surface area (Å²) in [7, 11) is 0. The Morgan fingerprint density at radius 3 is 3.06 bits per heavy atom. The lowest BCUT2D eigenvalue weighted by Gasteiger charge is -2.22. The van der Waals surface area contributed by atoms with Crippen molar-refractivity contribution in [2.75, 3.05) is 26.3 Å². The van der Waals surface area contributed by atoms with Gasteiger partial charge >= 0.3 is 0 Å². The highest BCUT2D eigenvalue weighted by Gasteiger charge is 2.33. The summed E-state index contributed by atoms with van der Waals surface area (Å²) in [5, 5.41) is 9.16. The Kier molecular flexibility index (Phi) is 2.58. The number of hydrogen-bond donors (Lipinski definition) is 1. The van der Waals surface area contributed by atoms with Crippen LogP contribution in [0.1, 0.15) is 18.0 Å². The molecule has 2 heterocycles. The van der Waals surface area contributed by atoms with Crippen LogP contribution in [0.2, 0.25) is 0 Å². The molecule has 0 aliphatic carbocycles. The molecule has 3 heteroatoms. The molecule has 1 aromatic rings. The average molecular weight is 219 g/mol. The minimum Gasteiger partial charge on any atom is -0.491 e. The number of fused-ring (bicyclic) bond motifs is 1. The number of aliphatic hydroxyl groups is 1. The quantitative estimate of drug-likeness (QED) is 0.817. The average Bonchev–Trinajstić information content (AvgIpc) is 2.94. The predicted octanol–water partition coefficient (Wildman–Crippen LogP) is 1.43. The standard InChI is InChI=1S/C13H17NO2/c15-8-10-5-6-14(7-10)12-9-16-13-4-2-1-3-11(12)13/h1-4,10,12,15H,5-9H2. The van der Waals surface area contributed by atoms with Crippen molar-refractivity contribution >= 4 is 0 Å². The van der Waals surface area contributed by atoms with Gasteiger partial charge in [-0.2, -0.15) is 0 Å². The van der Waals surface area contributed by atoms with Crippen LogP contribution >= 0.6 is 0 Å². The molecule has 0 saturated carbocycles. The van der Waals surface area contributed by atoms with Crippen molar-refractivity contribution in [1.29, 1.82) is 0 Å². The first-order chi connectivity index (χ1) is 7.88. The Labute approximate surface area is 95.6 Å². The Hall–Kier alpha value is -1.06. The van der Waals surface area contributed by atoms with E-state index >= 15 is 0 Å². The van der Waals surface area contributed by atoms with Gasteiger partial charge in [-0.25, -0.2) is 0 Å². The summed E-state index contributed by atoms with van der Waals surface area (Å²) in [5.74, 6) is 1.48. The minimum atomic E-state index is 0.311. The zero-order chi connectivity index (χ0) is 11.0. The third-order valence-electron chi connectivity index (χ3n) is 3.69. The number of hydrogen-bond acceptors (Lipinski definition) is 3. The second kappa shape index (κ2) is 4.07. The summed E-state index contributed by atoms with van der Waals surface area (Å²) in [4.78, 5) is 2.44. The molecule has 1 N–H and O–H groups in total. The van der Waals surface area contributed by atoms with E-state index in [1.54, 1.807) is 0 Å². The van der Waals surface area contributed by atoms with Crippen molar-refractivity contribution in [3.8, 4) is 5.75 Å². The molecule has 0 radical (unpaired) electrons. The summed E-state index contributed by atoms with van der Waals surface area (Å²) in [5.41, 5.74) is 1.31. The summed E-state index contributed by atoms with van der Waals surface area (Å²) < 4.78 is 5.69. The van der Waals surface area contributed by atoms with Crippen molar-refractivity contribution in [2.24, 2.45) is 5.92 Å². The van der Waals surface area contributed by atoms with Crippen LogP contribution in [-0.4, -0.2) is 36.3 Å². The zero-order valence-electron chi connectivity index (χ0n) is 9.30. The molecular weight excluding hydrogens is 202 g/mol. The van der Waals surface area contributed by atoms with Crippen LogP contribution in [0, 0.1) is 5.92 Å². The molecule has 1 saturated heterocycles. The number of benzene rings is 1. The van der Waals surface area contributed by atoms with Gasteiger partial charge in [0.2, 0.25) is 0 Å². The third kappa shape index (κ3) is 1.60. The van der Waals surface area contributed by atoms with E-state index < -0.39 is 0 Å². The van der Waals surface area contributed by atoms with Gasteiger partial charge in [0.1, 0.15) is 12.4 Å². The highest BCUT2D eigenvalue weighted by atomic mass is 16.5. The van der Waals surface area contributed by atoms with Crippen LogP contribution in [0.15, 0.2) is 24.3 Å². The first-order valence-corrected chi connectivity index (χ1v) is 5.95. The van der Waals surface area contributed by atoms with Gasteiger partial charge in [-0.1, -0.05) is 18.2 Å². The monoisotopic (exact) mass is 219 g/mol. The van der Waals surface area contributed by atoms with E-state index in [2.05, 4.69) is 17.0 Å². The maximum atomic E-state index is 9.16. The fourth-order valence-corrected chi connectivity index (χ4v) is 2.74. The lowest BCUT2D eigenvalue weighted by Crippen LogP contribution is -2.28. The fraction of sp³-hybridized carbons (Fsp3) is 0.538. The lowest BCUT2D eigenvalue weighted by atomic mass is 10.1. The molecule has 16 heavy (non-hydrogen) atoms. The molecule has 0 aromatic heterocycles. The Morgan fingerprint density at radius 1 is 1.38 bits per heavy atom. The minimum absolute atomic E-state index is 0.311. The maximum Gasteiger partial charge on any atom is 0.124 e. The Morgan fingerprint density at radius 2 is 2.25 bits per heavy atom. The van der Waals surface area contributed by atoms with E-state index in [0.29, 0.717) is 18.6 Å². The largest absolute Gasteiger partial charge is 0.491 e. The zero-order valence-corrected chi connectivity index (χ0v) is 9.30. The van der Waals surface area contributed by atoms with Crippen LogP contribution in [-0.2, 0) is 0 Å². The molecule has 3 rings (SSSR count). The van der Waals surface area contributed by atoms with Crippen molar-refractivity contribution in [2.45, 2.75) is 12.5 Å². The highest BCUT2D eigenvalue weighted by molar-refractivity contribution is 5.39. The molecule has 0 amide bonds. The molecule has 2 atom stereocenters. The number of aliphatic hydroxyl groups excluding tert-OH is 1. The second-order valence-corrected chi connectivity index (χ2v) is 4.70. The van der Waals surface area contributed by atoms with Gasteiger partial charge in [-0.05, 0) is 24.9 Å². The van der Waals surface area contributed by atoms with Gasteiger partial charge in [-0.15, -0.1) is 0 Å². The van der Waals surface area contributed by atoms with Gasteiger partial charge in [0.15, 0.2) is 0 Å². The number of likely N-dealkylation sites (tertiary alicyclic amines) is 1. The van der Waals surface area contributed by atoms with Gasteiger partial charge in [0.05, 0.1) is 6.04 Å². The predicted molar refractivity (Wildman–Crippen MR) is 61.4 cm³/mol. The topological polar surface area (TPSA) is 32.7 Å². The number of nitrogens with zero attached hydrogens (tertiary/aromatic N) is 1. The summed E-state index contributed by atoms with van der Waals surface area (Å²) in [6, 6.07) is 8.67. The van der Waals surface area contributed by atoms with Gasteiger partial charge in [0, 0.05) is 18.7 Å². The molecule has 2 aliphatic rings. The van der Waals surface area contributed by atoms with Crippen molar-refractivity contribution in [3.63, 3.8) is 0 Å². The fourth-order valence-electron chi connectivity index (χ4n) is 2.74. The molecule has 3 nitrogen and oxygen atoms in total. The number of rotatable bonds is 2. The van der Waals surface area contributed by atoms with Crippen LogP contribution in [0.3, 0.4) is 0 Å². The van der Waals surface area contributed by atoms with E-state index in [-0.39, 0.29) is 0 Å². The van der Waals surface area contributed by atoms with E-state index in [1.165, 1.54) is 5.56 Å². The summed E-state index contributed by atoms with van der Waals surface area (Å²) in [6.07, 6.45) is 1.11. The molecular formula is C13H17NO2. The summed E-state index contributed by atoms with van der Waals surface area (Å²) >= 11 is 0. The van der Waals surface area contributed by atoms with Gasteiger partial charge in [0.25, 0.3) is 0 Å². The number of ether oxygens (including phenoxy) is 1. The molecule has 2 aliphatic heterocycles. The molecule has 0 bridgehead atoms. The van der Waals surface area contributed by atoms with E-state index in [9.17, 15) is 0 Å². The maximum absolute atomic E-state index is 9.16. The normalized spacial score (nSPS) is 29.1. The van der Waals surface area contributed by atoms with Crippen LogP contribution in [0.4, 0.5) is 0 Å². The van der Waals surface area contributed by atoms with Gasteiger partial charge in [-0.3, -0.25) is 4.90 Å². The van der Waals surface area contributed by atoms with Gasteiger partial charge < -0.3 is 9.84 Å². The highest BCUT2D eigenvalue weighted by Crippen LogP contribution is 2.37.